The first-order valence-electron chi connectivity index (χ1n) is 4.67. The number of piperidine rings is 1. The predicted molar refractivity (Wildman–Crippen MR) is 62.4 cm³/mol. The Hall–Kier alpha value is -0.430. The van der Waals surface area contributed by atoms with E-state index in [4.69, 9.17) is 22.8 Å². The normalized spacial score (nSPS) is 17.6. The summed E-state index contributed by atoms with van der Waals surface area (Å²) in [5.74, 6) is 2.20. The van der Waals surface area contributed by atoms with Crippen molar-refractivity contribution in [3.05, 3.63) is 0 Å². The Morgan fingerprint density at radius 2 is 2.13 bits per heavy atom. The number of ether oxygens (including phenoxy) is 1. The summed E-state index contributed by atoms with van der Waals surface area (Å²) in [6, 6.07) is 0. The minimum Gasteiger partial charge on any atom is -0.461 e. The molecule has 0 bridgehead atoms. The summed E-state index contributed by atoms with van der Waals surface area (Å²) in [7, 11) is 0. The van der Waals surface area contributed by atoms with E-state index < -0.39 is 0 Å². The molecule has 1 aliphatic rings. The second-order valence-electron chi connectivity index (χ2n) is 3.30. The lowest BCUT2D eigenvalue weighted by Gasteiger charge is -2.30. The smallest absolute Gasteiger partial charge is 0.321 e. The van der Waals surface area contributed by atoms with Crippen molar-refractivity contribution in [1.29, 1.82) is 0 Å². The average Bonchev–Trinajstić information content (AvgIpc) is 2.21. The van der Waals surface area contributed by atoms with Crippen LogP contribution in [0.1, 0.15) is 12.8 Å². The number of nitrogens with zero attached hydrogens (tertiary/aromatic N) is 1. The molecule has 3 nitrogen and oxygen atoms in total. The Morgan fingerprint density at radius 3 is 2.60 bits per heavy atom. The maximum Gasteiger partial charge on any atom is 0.321 e. The van der Waals surface area contributed by atoms with E-state index in [2.05, 4.69) is 10.8 Å². The summed E-state index contributed by atoms with van der Waals surface area (Å²) in [6.45, 7) is 2.46. The summed E-state index contributed by atoms with van der Waals surface area (Å²) in [5, 5.41) is 0. The van der Waals surface area contributed by atoms with E-state index in [1.165, 1.54) is 0 Å². The van der Waals surface area contributed by atoms with Gasteiger partial charge < -0.3 is 4.74 Å². The van der Waals surface area contributed by atoms with Crippen molar-refractivity contribution >= 4 is 30.0 Å². The quantitative estimate of drug-likeness (QED) is 0.430. The van der Waals surface area contributed by atoms with E-state index in [0.717, 1.165) is 25.9 Å². The van der Waals surface area contributed by atoms with Crippen molar-refractivity contribution in [3.63, 3.8) is 0 Å². The predicted octanol–water partition coefficient (Wildman–Crippen LogP) is 1.29. The van der Waals surface area contributed by atoms with Crippen molar-refractivity contribution in [3.8, 4) is 12.3 Å². The fourth-order valence-electron chi connectivity index (χ4n) is 1.53. The monoisotopic (exact) mass is 251 g/mol. The van der Waals surface area contributed by atoms with Crippen LogP contribution in [-0.2, 0) is 9.53 Å². The van der Waals surface area contributed by atoms with Crippen LogP contribution < -0.4 is 0 Å². The molecule has 0 radical (unpaired) electrons. The standard InChI is InChI=1S/C10H14ClNO2.ClH/c1-2-5-12-6-3-9(4-7-12)14-10(13)8-11;/h1,9H,3-8H2;1H. The van der Waals surface area contributed by atoms with E-state index in [-0.39, 0.29) is 30.4 Å². The molecule has 0 atom stereocenters. The summed E-state index contributed by atoms with van der Waals surface area (Å²) in [4.78, 5) is 13.1. The maximum absolute atomic E-state index is 10.9. The molecule has 86 valence electrons. The Bertz CT molecular complexity index is 232. The highest BCUT2D eigenvalue weighted by molar-refractivity contribution is 6.26. The molecule has 0 amide bonds. The molecular weight excluding hydrogens is 237 g/mol. The molecule has 15 heavy (non-hydrogen) atoms. The molecule has 0 unspecified atom stereocenters. The Morgan fingerprint density at radius 1 is 1.53 bits per heavy atom. The van der Waals surface area contributed by atoms with Crippen LogP contribution in [0.4, 0.5) is 0 Å². The van der Waals surface area contributed by atoms with Crippen molar-refractivity contribution in [1.82, 2.24) is 4.90 Å². The van der Waals surface area contributed by atoms with E-state index >= 15 is 0 Å². The number of hydrogen-bond donors (Lipinski definition) is 0. The zero-order valence-electron chi connectivity index (χ0n) is 8.45. The summed E-state index contributed by atoms with van der Waals surface area (Å²) < 4.78 is 5.12. The van der Waals surface area contributed by atoms with E-state index in [1.54, 1.807) is 0 Å². The van der Waals surface area contributed by atoms with Crippen LogP contribution in [0.3, 0.4) is 0 Å². The number of esters is 1. The number of halogens is 2. The van der Waals surface area contributed by atoms with Crippen LogP contribution in [0.15, 0.2) is 0 Å². The molecule has 1 heterocycles. The molecule has 0 aromatic heterocycles. The molecular formula is C10H15Cl2NO2. The zero-order valence-corrected chi connectivity index (χ0v) is 10.0. The second kappa shape index (κ2) is 7.81. The SMILES string of the molecule is C#CCN1CCC(OC(=O)CCl)CC1.Cl. The fourth-order valence-corrected chi connectivity index (χ4v) is 1.59. The summed E-state index contributed by atoms with van der Waals surface area (Å²) >= 11 is 5.34. The maximum atomic E-state index is 10.9. The molecule has 0 aromatic rings. The first-order chi connectivity index (χ1) is 6.76. The van der Waals surface area contributed by atoms with Crippen LogP contribution in [-0.4, -0.2) is 42.5 Å². The lowest BCUT2D eigenvalue weighted by atomic mass is 10.1. The zero-order chi connectivity index (χ0) is 10.4. The molecule has 0 spiro atoms. The minimum absolute atomic E-state index is 0. The van der Waals surface area contributed by atoms with Crippen molar-refractivity contribution in [2.45, 2.75) is 18.9 Å². The molecule has 5 heteroatoms. The van der Waals surface area contributed by atoms with Crippen molar-refractivity contribution in [2.75, 3.05) is 25.5 Å². The van der Waals surface area contributed by atoms with Crippen molar-refractivity contribution < 1.29 is 9.53 Å². The number of likely N-dealkylation sites (tertiary alicyclic amines) is 1. The molecule has 0 aliphatic carbocycles. The van der Waals surface area contributed by atoms with Gasteiger partial charge in [0.25, 0.3) is 0 Å². The van der Waals surface area contributed by atoms with Gasteiger partial charge in [0, 0.05) is 13.1 Å². The highest BCUT2D eigenvalue weighted by atomic mass is 35.5. The lowest BCUT2D eigenvalue weighted by Crippen LogP contribution is -2.38. The van der Waals surface area contributed by atoms with Gasteiger partial charge in [-0.1, -0.05) is 5.92 Å². The molecule has 0 N–H and O–H groups in total. The number of rotatable bonds is 3. The van der Waals surface area contributed by atoms with Gasteiger partial charge in [0.05, 0.1) is 6.54 Å². The highest BCUT2D eigenvalue weighted by Crippen LogP contribution is 2.13. The molecule has 1 aliphatic heterocycles. The van der Waals surface area contributed by atoms with Gasteiger partial charge in [0.15, 0.2) is 0 Å². The Balaban J connectivity index is 0.00000196. The van der Waals surface area contributed by atoms with Gasteiger partial charge in [-0.3, -0.25) is 9.69 Å². The first-order valence-corrected chi connectivity index (χ1v) is 5.21. The number of hydrogen-bond acceptors (Lipinski definition) is 3. The van der Waals surface area contributed by atoms with Gasteiger partial charge in [-0.15, -0.1) is 30.4 Å². The van der Waals surface area contributed by atoms with Crippen LogP contribution in [0.2, 0.25) is 0 Å². The molecule has 1 saturated heterocycles. The summed E-state index contributed by atoms with van der Waals surface area (Å²) in [6.07, 6.45) is 6.93. The number of carbonyl (C=O) groups excluding carboxylic acids is 1. The van der Waals surface area contributed by atoms with E-state index in [9.17, 15) is 4.79 Å². The van der Waals surface area contributed by atoms with Crippen LogP contribution in [0.5, 0.6) is 0 Å². The Labute approximate surface area is 102 Å². The molecule has 0 aromatic carbocycles. The van der Waals surface area contributed by atoms with Crippen LogP contribution in [0, 0.1) is 12.3 Å². The number of terminal acetylenes is 1. The van der Waals surface area contributed by atoms with E-state index in [0.29, 0.717) is 6.54 Å². The third-order valence-corrected chi connectivity index (χ3v) is 2.47. The number of alkyl halides is 1. The minimum atomic E-state index is -0.331. The van der Waals surface area contributed by atoms with Gasteiger partial charge in [-0.25, -0.2) is 0 Å². The van der Waals surface area contributed by atoms with Gasteiger partial charge in [-0.2, -0.15) is 0 Å². The number of carbonyl (C=O) groups is 1. The highest BCUT2D eigenvalue weighted by Gasteiger charge is 2.21. The first kappa shape index (κ1) is 14.6. The average molecular weight is 252 g/mol. The van der Waals surface area contributed by atoms with Gasteiger partial charge >= 0.3 is 5.97 Å². The van der Waals surface area contributed by atoms with Gasteiger partial charge in [0.2, 0.25) is 0 Å². The van der Waals surface area contributed by atoms with E-state index in [1.807, 2.05) is 0 Å². The molecule has 1 fully saturated rings. The molecule has 0 saturated carbocycles. The largest absolute Gasteiger partial charge is 0.461 e. The van der Waals surface area contributed by atoms with Gasteiger partial charge in [0.1, 0.15) is 12.0 Å². The second-order valence-corrected chi connectivity index (χ2v) is 3.57. The topological polar surface area (TPSA) is 29.5 Å². The lowest BCUT2D eigenvalue weighted by molar-refractivity contribution is -0.147. The Kier molecular flexibility index (Phi) is 7.59. The summed E-state index contributed by atoms with van der Waals surface area (Å²) in [5.41, 5.74) is 0. The fraction of sp³-hybridized carbons (Fsp3) is 0.700. The third kappa shape index (κ3) is 5.27. The van der Waals surface area contributed by atoms with Gasteiger partial charge in [-0.05, 0) is 12.8 Å². The van der Waals surface area contributed by atoms with Crippen LogP contribution >= 0.6 is 24.0 Å². The molecule has 1 rings (SSSR count). The third-order valence-electron chi connectivity index (χ3n) is 2.26. The van der Waals surface area contributed by atoms with Crippen LogP contribution in [0.25, 0.3) is 0 Å². The van der Waals surface area contributed by atoms with Crippen molar-refractivity contribution in [2.24, 2.45) is 0 Å².